The fourth-order valence-corrected chi connectivity index (χ4v) is 6.93. The Morgan fingerprint density at radius 2 is 0.961 bits per heavy atom. The van der Waals surface area contributed by atoms with E-state index in [0.717, 1.165) is 66.4 Å². The van der Waals surface area contributed by atoms with Gasteiger partial charge in [-0.1, -0.05) is 78.9 Å². The third-order valence-corrected chi connectivity index (χ3v) is 9.36. The fourth-order valence-electron chi connectivity index (χ4n) is 6.93. The van der Waals surface area contributed by atoms with E-state index in [0.29, 0.717) is 22.6 Å². The standard InChI is InChI=1S/C45H35NO5/c1-4-49-44(47)37-24-31-15-9-7-13-29(31)22-35(37)33-18-20-42-40(26-33)46(39-17-11-6-12-28(39)3)41-27-34(19-21-43(41)51-42)36-23-30-14-8-10-16-32(30)25-38(36)45(48)50-5-2/h6-27H,4-5H2,1-3H3. The highest BCUT2D eigenvalue weighted by Gasteiger charge is 2.29. The number of nitrogens with zero attached hydrogens (tertiary/aromatic N) is 1. The molecule has 0 bridgehead atoms. The van der Waals surface area contributed by atoms with Crippen molar-refractivity contribution >= 4 is 50.5 Å². The van der Waals surface area contributed by atoms with Crippen LogP contribution < -0.4 is 9.64 Å². The SMILES string of the molecule is CCOC(=O)c1cc2ccccc2cc1-c1ccc2c(c1)N(c1ccccc1C)c1cc(-c3cc4ccccc4cc3C(=O)OCC)ccc1O2. The van der Waals surface area contributed by atoms with Crippen LogP contribution in [-0.2, 0) is 9.47 Å². The van der Waals surface area contributed by atoms with Crippen molar-refractivity contribution < 1.29 is 23.8 Å². The summed E-state index contributed by atoms with van der Waals surface area (Å²) in [7, 11) is 0. The zero-order valence-corrected chi connectivity index (χ0v) is 28.6. The lowest BCUT2D eigenvalue weighted by Gasteiger charge is -2.34. The third kappa shape index (κ3) is 5.75. The van der Waals surface area contributed by atoms with Gasteiger partial charge in [0.2, 0.25) is 0 Å². The maximum Gasteiger partial charge on any atom is 0.338 e. The van der Waals surface area contributed by atoms with Gasteiger partial charge in [0.1, 0.15) is 0 Å². The van der Waals surface area contributed by atoms with E-state index in [-0.39, 0.29) is 25.2 Å². The molecule has 0 aliphatic carbocycles. The summed E-state index contributed by atoms with van der Waals surface area (Å²) in [6.45, 7) is 6.27. The Morgan fingerprint density at radius 1 is 0.529 bits per heavy atom. The maximum absolute atomic E-state index is 13.3. The molecule has 0 spiro atoms. The van der Waals surface area contributed by atoms with Gasteiger partial charge in [-0.2, -0.15) is 0 Å². The molecule has 1 heterocycles. The number of para-hydroxylation sites is 1. The van der Waals surface area contributed by atoms with Gasteiger partial charge < -0.3 is 19.1 Å². The molecule has 1 aliphatic heterocycles. The Labute approximate surface area is 296 Å². The highest BCUT2D eigenvalue weighted by Crippen LogP contribution is 2.53. The first-order chi connectivity index (χ1) is 24.9. The highest BCUT2D eigenvalue weighted by atomic mass is 16.5. The second-order valence-electron chi connectivity index (χ2n) is 12.5. The van der Waals surface area contributed by atoms with Crippen molar-refractivity contribution in [2.24, 2.45) is 0 Å². The molecule has 0 saturated carbocycles. The lowest BCUT2D eigenvalue weighted by Crippen LogP contribution is -2.17. The van der Waals surface area contributed by atoms with Crippen molar-refractivity contribution in [2.45, 2.75) is 20.8 Å². The van der Waals surface area contributed by atoms with E-state index in [2.05, 4.69) is 36.1 Å². The smallest absolute Gasteiger partial charge is 0.338 e. The number of hydrogen-bond donors (Lipinski definition) is 0. The number of hydrogen-bond acceptors (Lipinski definition) is 6. The zero-order chi connectivity index (χ0) is 35.1. The summed E-state index contributed by atoms with van der Waals surface area (Å²) in [6, 6.07) is 44.2. The summed E-state index contributed by atoms with van der Waals surface area (Å²) in [5.41, 5.74) is 7.93. The van der Waals surface area contributed by atoms with Gasteiger partial charge in [0.15, 0.2) is 11.5 Å². The quantitative estimate of drug-likeness (QED) is 0.157. The van der Waals surface area contributed by atoms with Gasteiger partial charge in [0.25, 0.3) is 0 Å². The summed E-state index contributed by atoms with van der Waals surface area (Å²) in [6.07, 6.45) is 0. The van der Waals surface area contributed by atoms with E-state index in [9.17, 15) is 9.59 Å². The van der Waals surface area contributed by atoms with Crippen molar-refractivity contribution in [3.8, 4) is 33.8 Å². The molecule has 250 valence electrons. The molecule has 0 unspecified atom stereocenters. The van der Waals surface area contributed by atoms with Crippen molar-refractivity contribution in [3.63, 3.8) is 0 Å². The summed E-state index contributed by atoms with van der Waals surface area (Å²) < 4.78 is 17.6. The Morgan fingerprint density at radius 3 is 1.41 bits per heavy atom. The topological polar surface area (TPSA) is 65.1 Å². The van der Waals surface area contributed by atoms with Crippen LogP contribution in [0.1, 0.15) is 40.1 Å². The predicted molar refractivity (Wildman–Crippen MR) is 204 cm³/mol. The van der Waals surface area contributed by atoms with Gasteiger partial charge in [0, 0.05) is 5.69 Å². The van der Waals surface area contributed by atoms with Crippen LogP contribution >= 0.6 is 0 Å². The summed E-state index contributed by atoms with van der Waals surface area (Å²) in [5.74, 6) is 0.619. The first kappa shape index (κ1) is 31.8. The van der Waals surface area contributed by atoms with Crippen molar-refractivity contribution in [1.82, 2.24) is 0 Å². The van der Waals surface area contributed by atoms with Crippen LogP contribution in [0.3, 0.4) is 0 Å². The van der Waals surface area contributed by atoms with Gasteiger partial charge in [-0.25, -0.2) is 9.59 Å². The zero-order valence-electron chi connectivity index (χ0n) is 28.6. The lowest BCUT2D eigenvalue weighted by atomic mass is 9.93. The summed E-state index contributed by atoms with van der Waals surface area (Å²) in [4.78, 5) is 28.9. The van der Waals surface area contributed by atoms with E-state index >= 15 is 0 Å². The number of aryl methyl sites for hydroxylation is 1. The largest absolute Gasteiger partial charge is 0.462 e. The minimum atomic E-state index is -0.370. The minimum absolute atomic E-state index is 0.276. The average molecular weight is 670 g/mol. The van der Waals surface area contributed by atoms with Gasteiger partial charge in [-0.05, 0) is 125 Å². The van der Waals surface area contributed by atoms with Crippen LogP contribution in [0.2, 0.25) is 0 Å². The molecule has 1 aliphatic rings. The monoisotopic (exact) mass is 669 g/mol. The van der Waals surface area contributed by atoms with E-state index in [1.54, 1.807) is 0 Å². The second-order valence-corrected chi connectivity index (χ2v) is 12.5. The first-order valence-electron chi connectivity index (χ1n) is 17.2. The van der Waals surface area contributed by atoms with Crippen LogP contribution in [0.4, 0.5) is 17.1 Å². The molecule has 0 atom stereocenters. The molecule has 7 aromatic carbocycles. The summed E-state index contributed by atoms with van der Waals surface area (Å²) in [5, 5.41) is 3.97. The number of rotatable bonds is 7. The first-order valence-corrected chi connectivity index (χ1v) is 17.2. The molecule has 6 heteroatoms. The van der Waals surface area contributed by atoms with Gasteiger partial charge >= 0.3 is 11.9 Å². The maximum atomic E-state index is 13.3. The third-order valence-electron chi connectivity index (χ3n) is 9.36. The average Bonchev–Trinajstić information content (AvgIpc) is 3.16. The molecule has 0 aromatic heterocycles. The number of carbonyl (C=O) groups is 2. The van der Waals surface area contributed by atoms with Crippen molar-refractivity contribution in [2.75, 3.05) is 18.1 Å². The number of carbonyl (C=O) groups excluding carboxylic acids is 2. The Hall–Kier alpha value is -6.40. The number of fused-ring (bicyclic) bond motifs is 4. The summed E-state index contributed by atoms with van der Waals surface area (Å²) >= 11 is 0. The molecular formula is C45H35NO5. The number of benzene rings is 7. The van der Waals surface area contributed by atoms with E-state index in [1.807, 2.05) is 123 Å². The highest BCUT2D eigenvalue weighted by molar-refractivity contribution is 6.05. The van der Waals surface area contributed by atoms with E-state index < -0.39 is 0 Å². The van der Waals surface area contributed by atoms with E-state index in [1.165, 1.54) is 0 Å². The van der Waals surface area contributed by atoms with Crippen LogP contribution in [0.5, 0.6) is 11.5 Å². The number of ether oxygens (including phenoxy) is 3. The van der Waals surface area contributed by atoms with Crippen LogP contribution in [0, 0.1) is 6.92 Å². The molecule has 0 saturated heterocycles. The van der Waals surface area contributed by atoms with Crippen LogP contribution in [0.25, 0.3) is 43.8 Å². The number of esters is 2. The van der Waals surface area contributed by atoms with Crippen LogP contribution in [-0.4, -0.2) is 25.2 Å². The molecule has 0 radical (unpaired) electrons. The molecule has 51 heavy (non-hydrogen) atoms. The molecule has 0 amide bonds. The second kappa shape index (κ2) is 13.1. The predicted octanol–water partition coefficient (Wildman–Crippen LogP) is 11.6. The molecule has 0 fully saturated rings. The lowest BCUT2D eigenvalue weighted by molar-refractivity contribution is 0.0518. The number of anilines is 3. The minimum Gasteiger partial charge on any atom is -0.462 e. The fraction of sp³-hybridized carbons (Fsp3) is 0.111. The molecule has 0 N–H and O–H groups in total. The Kier molecular flexibility index (Phi) is 8.20. The van der Waals surface area contributed by atoms with Gasteiger partial charge in [-0.15, -0.1) is 0 Å². The normalized spacial score (nSPS) is 11.9. The van der Waals surface area contributed by atoms with Crippen molar-refractivity contribution in [1.29, 1.82) is 0 Å². The van der Waals surface area contributed by atoms with E-state index in [4.69, 9.17) is 14.2 Å². The molecule has 7 aromatic rings. The molecule has 6 nitrogen and oxygen atoms in total. The molecule has 8 rings (SSSR count). The van der Waals surface area contributed by atoms with Crippen molar-refractivity contribution in [3.05, 3.63) is 150 Å². The van der Waals surface area contributed by atoms with Gasteiger partial charge in [0.05, 0.1) is 35.7 Å². The van der Waals surface area contributed by atoms with Crippen LogP contribution in [0.15, 0.2) is 133 Å². The Balaban J connectivity index is 1.33. The van der Waals surface area contributed by atoms with Gasteiger partial charge in [-0.3, -0.25) is 0 Å². The Bertz CT molecular complexity index is 2350. The molecular weight excluding hydrogens is 634 g/mol.